The van der Waals surface area contributed by atoms with Crippen LogP contribution in [-0.2, 0) is 0 Å². The highest BCUT2D eigenvalue weighted by atomic mass is 32.2. The second-order valence-corrected chi connectivity index (χ2v) is 6.69. The van der Waals surface area contributed by atoms with E-state index in [-0.39, 0.29) is 0 Å². The fourth-order valence-corrected chi connectivity index (χ4v) is 3.46. The average Bonchev–Trinajstić information content (AvgIpc) is 2.70. The second-order valence-electron chi connectivity index (χ2n) is 4.09. The topological polar surface area (TPSA) is 12.0 Å². The molecule has 0 bridgehead atoms. The van der Waals surface area contributed by atoms with Crippen LogP contribution >= 0.6 is 23.1 Å². The summed E-state index contributed by atoms with van der Waals surface area (Å²) in [6, 6.07) is 2.79. The zero-order valence-electron chi connectivity index (χ0n) is 10.7. The van der Waals surface area contributed by atoms with Crippen molar-refractivity contribution in [1.82, 2.24) is 5.32 Å². The van der Waals surface area contributed by atoms with Crippen LogP contribution in [0, 0.1) is 6.92 Å². The van der Waals surface area contributed by atoms with Gasteiger partial charge >= 0.3 is 0 Å². The molecule has 0 amide bonds. The molecule has 92 valence electrons. The van der Waals surface area contributed by atoms with Gasteiger partial charge in [-0.05, 0) is 36.9 Å². The Hall–Kier alpha value is 0.01000. The van der Waals surface area contributed by atoms with E-state index in [4.69, 9.17) is 0 Å². The first kappa shape index (κ1) is 14.1. The van der Waals surface area contributed by atoms with Crippen molar-refractivity contribution in [2.45, 2.75) is 45.4 Å². The second kappa shape index (κ2) is 7.36. The molecular weight excluding hydrogens is 234 g/mol. The third-order valence-corrected chi connectivity index (χ3v) is 5.14. The summed E-state index contributed by atoms with van der Waals surface area (Å²) < 4.78 is 0. The molecule has 0 spiro atoms. The van der Waals surface area contributed by atoms with Gasteiger partial charge in [-0.2, -0.15) is 11.8 Å². The maximum atomic E-state index is 3.59. The maximum Gasteiger partial charge on any atom is 0.0422 e. The van der Waals surface area contributed by atoms with Crippen molar-refractivity contribution in [2.24, 2.45) is 0 Å². The van der Waals surface area contributed by atoms with Gasteiger partial charge in [-0.15, -0.1) is 11.3 Å². The third kappa shape index (κ3) is 4.11. The van der Waals surface area contributed by atoms with E-state index in [1.54, 1.807) is 0 Å². The Morgan fingerprint density at radius 3 is 2.69 bits per heavy atom. The van der Waals surface area contributed by atoms with Gasteiger partial charge in [0.2, 0.25) is 0 Å². The molecule has 1 heterocycles. The van der Waals surface area contributed by atoms with Crippen LogP contribution in [0.2, 0.25) is 0 Å². The van der Waals surface area contributed by atoms with Gasteiger partial charge in [-0.1, -0.05) is 20.8 Å². The van der Waals surface area contributed by atoms with Crippen molar-refractivity contribution in [1.29, 1.82) is 0 Å². The van der Waals surface area contributed by atoms with E-state index in [1.807, 2.05) is 11.3 Å². The first-order chi connectivity index (χ1) is 7.69. The van der Waals surface area contributed by atoms with Crippen LogP contribution in [0.15, 0.2) is 11.4 Å². The molecule has 16 heavy (non-hydrogen) atoms. The van der Waals surface area contributed by atoms with Crippen molar-refractivity contribution in [3.05, 3.63) is 21.9 Å². The van der Waals surface area contributed by atoms with E-state index in [0.29, 0.717) is 6.04 Å². The Bertz CT molecular complexity index is 296. The van der Waals surface area contributed by atoms with Crippen molar-refractivity contribution < 1.29 is 0 Å². The van der Waals surface area contributed by atoms with Crippen LogP contribution in [0.5, 0.6) is 0 Å². The number of hydrogen-bond acceptors (Lipinski definition) is 3. The Labute approximate surface area is 108 Å². The lowest BCUT2D eigenvalue weighted by atomic mass is 10.1. The van der Waals surface area contributed by atoms with Gasteiger partial charge in [0.15, 0.2) is 0 Å². The van der Waals surface area contributed by atoms with Crippen LogP contribution < -0.4 is 5.32 Å². The van der Waals surface area contributed by atoms with E-state index in [1.165, 1.54) is 22.6 Å². The molecular formula is C13H23NS2. The largest absolute Gasteiger partial charge is 0.309 e. The maximum absolute atomic E-state index is 3.59. The highest BCUT2D eigenvalue weighted by Gasteiger charge is 2.14. The summed E-state index contributed by atoms with van der Waals surface area (Å²) in [5.41, 5.74) is 1.49. The van der Waals surface area contributed by atoms with Crippen LogP contribution in [0.25, 0.3) is 0 Å². The zero-order valence-corrected chi connectivity index (χ0v) is 12.4. The average molecular weight is 257 g/mol. The Balaban J connectivity index is 2.58. The Morgan fingerprint density at radius 2 is 2.19 bits per heavy atom. The number of aryl methyl sites for hydroxylation is 1. The SMILES string of the molecule is CCNC(CSC(C)CC)c1ccsc1C. The molecule has 0 radical (unpaired) electrons. The molecule has 0 aromatic carbocycles. The molecule has 1 aromatic rings. The molecule has 2 atom stereocenters. The first-order valence-electron chi connectivity index (χ1n) is 6.08. The minimum atomic E-state index is 0.523. The lowest BCUT2D eigenvalue weighted by molar-refractivity contribution is 0.604. The smallest absolute Gasteiger partial charge is 0.0422 e. The summed E-state index contributed by atoms with van der Waals surface area (Å²) in [7, 11) is 0. The quantitative estimate of drug-likeness (QED) is 0.784. The lowest BCUT2D eigenvalue weighted by Crippen LogP contribution is -2.23. The monoisotopic (exact) mass is 257 g/mol. The molecule has 0 aliphatic carbocycles. The van der Waals surface area contributed by atoms with Crippen molar-refractivity contribution in [3.63, 3.8) is 0 Å². The van der Waals surface area contributed by atoms with Gasteiger partial charge in [0.05, 0.1) is 0 Å². The number of nitrogens with one attached hydrogen (secondary N) is 1. The molecule has 0 aliphatic heterocycles. The highest BCUT2D eigenvalue weighted by Crippen LogP contribution is 2.27. The van der Waals surface area contributed by atoms with Gasteiger partial charge in [0.25, 0.3) is 0 Å². The van der Waals surface area contributed by atoms with Crippen molar-refractivity contribution in [3.8, 4) is 0 Å². The molecule has 0 aliphatic rings. The fraction of sp³-hybridized carbons (Fsp3) is 0.692. The summed E-state index contributed by atoms with van der Waals surface area (Å²) in [4.78, 5) is 1.45. The predicted molar refractivity (Wildman–Crippen MR) is 77.7 cm³/mol. The molecule has 1 rings (SSSR count). The van der Waals surface area contributed by atoms with Gasteiger partial charge in [0.1, 0.15) is 0 Å². The Morgan fingerprint density at radius 1 is 1.44 bits per heavy atom. The number of thiophene rings is 1. The van der Waals surface area contributed by atoms with Crippen LogP contribution in [0.4, 0.5) is 0 Å². The first-order valence-corrected chi connectivity index (χ1v) is 8.00. The Kier molecular flexibility index (Phi) is 6.47. The zero-order chi connectivity index (χ0) is 12.0. The number of rotatable bonds is 7. The fourth-order valence-electron chi connectivity index (χ4n) is 1.64. The normalized spacial score (nSPS) is 15.0. The minimum absolute atomic E-state index is 0.523. The van der Waals surface area contributed by atoms with Crippen LogP contribution in [0.1, 0.15) is 43.7 Å². The summed E-state index contributed by atoms with van der Waals surface area (Å²) in [5, 5.41) is 6.55. The predicted octanol–water partition coefficient (Wildman–Crippen LogP) is 4.24. The minimum Gasteiger partial charge on any atom is -0.309 e. The summed E-state index contributed by atoms with van der Waals surface area (Å²) in [6.45, 7) is 10.0. The lowest BCUT2D eigenvalue weighted by Gasteiger charge is -2.19. The van der Waals surface area contributed by atoms with E-state index in [0.717, 1.165) is 11.8 Å². The summed E-state index contributed by atoms with van der Waals surface area (Å²) >= 11 is 3.92. The van der Waals surface area contributed by atoms with Crippen LogP contribution in [-0.4, -0.2) is 17.5 Å². The van der Waals surface area contributed by atoms with Crippen LogP contribution in [0.3, 0.4) is 0 Å². The van der Waals surface area contributed by atoms with E-state index in [2.05, 4.69) is 56.2 Å². The number of hydrogen-bond donors (Lipinski definition) is 1. The van der Waals surface area contributed by atoms with Gasteiger partial charge in [-0.3, -0.25) is 0 Å². The molecule has 2 unspecified atom stereocenters. The summed E-state index contributed by atoms with van der Waals surface area (Å²) in [5.74, 6) is 1.18. The van der Waals surface area contributed by atoms with Gasteiger partial charge in [0, 0.05) is 21.9 Å². The number of thioether (sulfide) groups is 1. The van der Waals surface area contributed by atoms with Gasteiger partial charge in [-0.25, -0.2) is 0 Å². The highest BCUT2D eigenvalue weighted by molar-refractivity contribution is 7.99. The molecule has 0 fully saturated rings. The van der Waals surface area contributed by atoms with Crippen molar-refractivity contribution >= 4 is 23.1 Å². The third-order valence-electron chi connectivity index (χ3n) is 2.85. The molecule has 0 saturated heterocycles. The van der Waals surface area contributed by atoms with E-state index in [9.17, 15) is 0 Å². The standard InChI is InChI=1S/C13H23NS2/c1-5-10(3)16-9-13(14-6-2)12-7-8-15-11(12)4/h7-8,10,13-14H,5-6,9H2,1-4H3. The van der Waals surface area contributed by atoms with Gasteiger partial charge < -0.3 is 5.32 Å². The molecule has 1 aromatic heterocycles. The summed E-state index contributed by atoms with van der Waals surface area (Å²) in [6.07, 6.45) is 1.26. The van der Waals surface area contributed by atoms with E-state index < -0.39 is 0 Å². The molecule has 1 nitrogen and oxygen atoms in total. The van der Waals surface area contributed by atoms with Crippen molar-refractivity contribution in [2.75, 3.05) is 12.3 Å². The molecule has 0 saturated carbocycles. The molecule has 1 N–H and O–H groups in total. The van der Waals surface area contributed by atoms with E-state index >= 15 is 0 Å². The molecule has 3 heteroatoms.